The summed E-state index contributed by atoms with van der Waals surface area (Å²) < 4.78 is 22.0. The first-order chi connectivity index (χ1) is 16.5. The molecular formula is C26H23FN4O3. The van der Waals surface area contributed by atoms with Crippen molar-refractivity contribution in [2.75, 3.05) is 0 Å². The lowest BCUT2D eigenvalue weighted by molar-refractivity contribution is 0.103. The third kappa shape index (κ3) is 4.85. The zero-order valence-electron chi connectivity index (χ0n) is 19.8. The highest BCUT2D eigenvalue weighted by molar-refractivity contribution is 6.09. The van der Waals surface area contributed by atoms with Gasteiger partial charge in [-0.3, -0.25) is 14.4 Å². The monoisotopic (exact) mass is 459 g/mol. The van der Waals surface area contributed by atoms with Crippen molar-refractivity contribution in [2.45, 2.75) is 26.2 Å². The van der Waals surface area contributed by atoms with Gasteiger partial charge in [-0.05, 0) is 35.9 Å². The summed E-state index contributed by atoms with van der Waals surface area (Å²) in [7, 11) is 0. The molecule has 8 heteroatoms. The average molecular weight is 459 g/mol. The first-order valence-electron chi connectivity index (χ1n) is 11.0. The van der Waals surface area contributed by atoms with Crippen LogP contribution >= 0.6 is 0 Å². The van der Waals surface area contributed by atoms with E-state index in [1.54, 1.807) is 24.3 Å². The van der Waals surface area contributed by atoms with Crippen LogP contribution in [0.15, 0.2) is 64.4 Å². The molecule has 0 fully saturated rings. The Balaban J connectivity index is 1.78. The van der Waals surface area contributed by atoms with Crippen molar-refractivity contribution in [2.24, 2.45) is 0 Å². The molecule has 0 aliphatic rings. The van der Waals surface area contributed by atoms with Crippen molar-refractivity contribution < 1.29 is 10.6 Å². The number of benzene rings is 2. The number of rotatable bonds is 4. The smallest absolute Gasteiger partial charge is 0.272 e. The van der Waals surface area contributed by atoms with E-state index in [9.17, 15) is 18.8 Å². The number of hydrogen-bond acceptors (Lipinski definition) is 4. The molecule has 172 valence electrons. The van der Waals surface area contributed by atoms with Gasteiger partial charge in [0.05, 0.1) is 19.1 Å². The SMILES string of the molecule is [2H]/C(c1[nH]cnc1C(C)(C)C)=c1/[nH]c(=O)/c(=C/c2cccc(C(=O)c3cccc(F)c3)c2)[nH]c1=O. The molecule has 2 heterocycles. The second-order valence-corrected chi connectivity index (χ2v) is 8.81. The zero-order valence-corrected chi connectivity index (χ0v) is 18.8. The quantitative estimate of drug-likeness (QED) is 0.406. The molecule has 4 aromatic rings. The summed E-state index contributed by atoms with van der Waals surface area (Å²) in [6, 6.07) is 11.6. The van der Waals surface area contributed by atoms with Gasteiger partial charge < -0.3 is 15.0 Å². The highest BCUT2D eigenvalue weighted by atomic mass is 19.1. The van der Waals surface area contributed by atoms with Gasteiger partial charge in [0.1, 0.15) is 16.5 Å². The molecule has 0 aliphatic heterocycles. The summed E-state index contributed by atoms with van der Waals surface area (Å²) in [6.45, 7) is 5.79. The molecule has 0 amide bonds. The highest BCUT2D eigenvalue weighted by Crippen LogP contribution is 2.22. The number of carbonyl (C=O) groups is 1. The van der Waals surface area contributed by atoms with Crippen LogP contribution in [0.25, 0.3) is 12.1 Å². The minimum atomic E-state index is -0.651. The Morgan fingerprint density at radius 3 is 2.35 bits per heavy atom. The summed E-state index contributed by atoms with van der Waals surface area (Å²) >= 11 is 0. The third-order valence-corrected chi connectivity index (χ3v) is 5.10. The van der Waals surface area contributed by atoms with E-state index in [1.165, 1.54) is 30.6 Å². The maximum absolute atomic E-state index is 13.5. The lowest BCUT2D eigenvalue weighted by Gasteiger charge is -2.16. The zero-order chi connectivity index (χ0) is 25.3. The lowest BCUT2D eigenvalue weighted by atomic mass is 9.90. The Morgan fingerprint density at radius 2 is 1.65 bits per heavy atom. The van der Waals surface area contributed by atoms with Gasteiger partial charge in [0, 0.05) is 16.5 Å². The Morgan fingerprint density at radius 1 is 1.00 bits per heavy atom. The predicted octanol–water partition coefficient (Wildman–Crippen LogP) is 2.11. The van der Waals surface area contributed by atoms with E-state index < -0.39 is 16.9 Å². The number of imidazole rings is 1. The first kappa shape index (κ1) is 21.5. The Labute approximate surface area is 195 Å². The maximum atomic E-state index is 13.5. The number of ketones is 1. The summed E-state index contributed by atoms with van der Waals surface area (Å²) in [5.74, 6) is -0.891. The number of H-pyrrole nitrogens is 3. The second-order valence-electron chi connectivity index (χ2n) is 8.81. The van der Waals surface area contributed by atoms with E-state index in [0.29, 0.717) is 22.5 Å². The standard InChI is InChI=1S/C26H23FN4O3/c1-26(2,3)23-19(28-14-29-23)13-21-25(34)30-20(24(33)31-21)11-15-6-4-7-16(10-15)22(32)17-8-5-9-18(27)12-17/h4-14H,1-3H3,(H,28,29)(H,30,34)(H,31,33)/b20-11-,21-13-/i13D. The second kappa shape index (κ2) is 8.90. The van der Waals surface area contributed by atoms with Crippen LogP contribution in [0.5, 0.6) is 0 Å². The van der Waals surface area contributed by atoms with Gasteiger partial charge in [0.15, 0.2) is 5.78 Å². The summed E-state index contributed by atoms with van der Waals surface area (Å²) in [5, 5.41) is -0.237. The molecule has 0 bridgehead atoms. The van der Waals surface area contributed by atoms with Gasteiger partial charge in [0.2, 0.25) is 0 Å². The van der Waals surface area contributed by atoms with E-state index in [0.717, 1.165) is 6.07 Å². The van der Waals surface area contributed by atoms with Gasteiger partial charge in [-0.1, -0.05) is 51.1 Å². The lowest BCUT2D eigenvalue weighted by Crippen LogP contribution is -2.46. The maximum Gasteiger partial charge on any atom is 0.272 e. The van der Waals surface area contributed by atoms with Crippen molar-refractivity contribution in [3.8, 4) is 0 Å². The van der Waals surface area contributed by atoms with E-state index in [-0.39, 0.29) is 33.5 Å². The van der Waals surface area contributed by atoms with Gasteiger partial charge >= 0.3 is 0 Å². The molecule has 3 N–H and O–H groups in total. The van der Waals surface area contributed by atoms with Crippen LogP contribution in [0, 0.1) is 5.82 Å². The van der Waals surface area contributed by atoms with Gasteiger partial charge in [-0.2, -0.15) is 0 Å². The van der Waals surface area contributed by atoms with Crippen LogP contribution in [0.1, 0.15) is 55.0 Å². The fourth-order valence-electron chi connectivity index (χ4n) is 3.48. The number of aromatic nitrogens is 4. The summed E-state index contributed by atoms with van der Waals surface area (Å²) in [5.41, 5.74) is 0.290. The fourth-order valence-corrected chi connectivity index (χ4v) is 3.48. The van der Waals surface area contributed by atoms with Crippen LogP contribution in [-0.2, 0) is 5.41 Å². The minimum absolute atomic E-state index is 0.0393. The van der Waals surface area contributed by atoms with E-state index >= 15 is 0 Å². The minimum Gasteiger partial charge on any atom is -0.345 e. The normalized spacial score (nSPS) is 13.5. The predicted molar refractivity (Wildman–Crippen MR) is 128 cm³/mol. The molecule has 0 saturated heterocycles. The molecule has 2 aromatic carbocycles. The van der Waals surface area contributed by atoms with Crippen LogP contribution in [-0.4, -0.2) is 25.7 Å². The number of halogens is 1. The average Bonchev–Trinajstić information content (AvgIpc) is 3.31. The number of nitrogens with zero attached hydrogens (tertiary/aromatic N) is 1. The van der Waals surface area contributed by atoms with E-state index in [2.05, 4.69) is 19.9 Å². The van der Waals surface area contributed by atoms with Crippen molar-refractivity contribution in [3.05, 3.63) is 120 Å². The summed E-state index contributed by atoms with van der Waals surface area (Å²) in [6.07, 6.45) is 2.86. The summed E-state index contributed by atoms with van der Waals surface area (Å²) in [4.78, 5) is 50.4. The Kier molecular flexibility index (Phi) is 5.63. The molecule has 0 atom stereocenters. The van der Waals surface area contributed by atoms with Gasteiger partial charge in [0.25, 0.3) is 11.1 Å². The molecule has 34 heavy (non-hydrogen) atoms. The van der Waals surface area contributed by atoms with Gasteiger partial charge in [-0.25, -0.2) is 9.37 Å². The largest absolute Gasteiger partial charge is 0.345 e. The van der Waals surface area contributed by atoms with Crippen LogP contribution in [0.3, 0.4) is 0 Å². The fraction of sp³-hybridized carbons (Fsp3) is 0.154. The number of carbonyl (C=O) groups excluding carboxylic acids is 1. The highest BCUT2D eigenvalue weighted by Gasteiger charge is 2.19. The number of nitrogens with one attached hydrogen (secondary N) is 3. The van der Waals surface area contributed by atoms with Gasteiger partial charge in [-0.15, -0.1) is 0 Å². The number of aromatic amines is 3. The Bertz CT molecular complexity index is 1680. The number of hydrogen-bond donors (Lipinski definition) is 3. The molecule has 7 nitrogen and oxygen atoms in total. The van der Waals surface area contributed by atoms with Crippen LogP contribution in [0.4, 0.5) is 4.39 Å². The molecule has 0 unspecified atom stereocenters. The van der Waals surface area contributed by atoms with Crippen LogP contribution in [0.2, 0.25) is 0 Å². The Hall–Kier alpha value is -4.33. The van der Waals surface area contributed by atoms with Crippen molar-refractivity contribution >= 4 is 17.9 Å². The molecule has 4 rings (SSSR count). The van der Waals surface area contributed by atoms with E-state index in [4.69, 9.17) is 1.37 Å². The molecular weight excluding hydrogens is 435 g/mol. The third-order valence-electron chi connectivity index (χ3n) is 5.10. The molecule has 2 aromatic heterocycles. The van der Waals surface area contributed by atoms with Crippen molar-refractivity contribution in [1.82, 2.24) is 19.9 Å². The molecule has 0 saturated carbocycles. The molecule has 0 radical (unpaired) electrons. The van der Waals surface area contributed by atoms with Crippen molar-refractivity contribution in [3.63, 3.8) is 0 Å². The van der Waals surface area contributed by atoms with Crippen molar-refractivity contribution in [1.29, 1.82) is 0 Å². The topological polar surface area (TPSA) is 111 Å². The molecule has 0 aliphatic carbocycles. The van der Waals surface area contributed by atoms with Crippen LogP contribution < -0.4 is 21.8 Å². The van der Waals surface area contributed by atoms with E-state index in [1.807, 2.05) is 20.8 Å². The first-order valence-corrected chi connectivity index (χ1v) is 10.5. The molecule has 0 spiro atoms.